The fourth-order valence-corrected chi connectivity index (χ4v) is 3.84. The van der Waals surface area contributed by atoms with Crippen LogP contribution in [0.15, 0.2) is 48.5 Å². The minimum absolute atomic E-state index is 0.220. The van der Waals surface area contributed by atoms with Crippen LogP contribution in [0, 0.1) is 5.82 Å². The molecule has 1 heterocycles. The molecule has 0 aliphatic carbocycles. The van der Waals surface area contributed by atoms with E-state index in [1.165, 1.54) is 6.07 Å². The van der Waals surface area contributed by atoms with Gasteiger partial charge in [-0.1, -0.05) is 36.4 Å². The predicted octanol–water partition coefficient (Wildman–Crippen LogP) is 1.30. The minimum Gasteiger partial charge on any atom is -0.479 e. The first-order valence-corrected chi connectivity index (χ1v) is 11.2. The number of carbonyl (C=O) groups is 2. The van der Waals surface area contributed by atoms with Crippen molar-refractivity contribution < 1.29 is 39.5 Å². The van der Waals surface area contributed by atoms with Gasteiger partial charge >= 0.3 is 11.9 Å². The van der Waals surface area contributed by atoms with Crippen molar-refractivity contribution >= 4 is 11.9 Å². The van der Waals surface area contributed by atoms with E-state index in [2.05, 4.69) is 10.2 Å². The fourth-order valence-electron chi connectivity index (χ4n) is 3.84. The summed E-state index contributed by atoms with van der Waals surface area (Å²) < 4.78 is 13.9. The molecule has 0 aromatic heterocycles. The molecule has 35 heavy (non-hydrogen) atoms. The molecule has 1 aliphatic rings. The number of nitrogens with zero attached hydrogens (tertiary/aromatic N) is 1. The molecule has 0 unspecified atom stereocenters. The maximum absolute atomic E-state index is 13.9. The highest BCUT2D eigenvalue weighted by atomic mass is 19.1. The van der Waals surface area contributed by atoms with Crippen LogP contribution in [0.25, 0.3) is 11.1 Å². The summed E-state index contributed by atoms with van der Waals surface area (Å²) in [4.78, 5) is 21.8. The lowest BCUT2D eigenvalue weighted by Crippen LogP contribution is -2.45. The van der Waals surface area contributed by atoms with Crippen molar-refractivity contribution in [3.63, 3.8) is 0 Å². The molecular weight excluding hydrogens is 459 g/mol. The zero-order valence-electron chi connectivity index (χ0n) is 19.8. The van der Waals surface area contributed by atoms with Crippen molar-refractivity contribution in [2.45, 2.75) is 50.7 Å². The van der Waals surface area contributed by atoms with Gasteiger partial charge in [0.25, 0.3) is 0 Å². The average Bonchev–Trinajstić information content (AvgIpc) is 3.33. The van der Waals surface area contributed by atoms with E-state index in [4.69, 9.17) is 20.4 Å². The molecule has 3 atom stereocenters. The molecule has 1 saturated heterocycles. The Hall–Kier alpha value is -2.89. The van der Waals surface area contributed by atoms with E-state index in [9.17, 15) is 19.1 Å². The van der Waals surface area contributed by atoms with Crippen LogP contribution in [-0.2, 0) is 16.1 Å². The molecule has 10 heteroatoms. The quantitative estimate of drug-likeness (QED) is 0.304. The van der Waals surface area contributed by atoms with Gasteiger partial charge in [0, 0.05) is 25.7 Å². The number of benzene rings is 2. The Bertz CT molecular complexity index is 958. The number of aliphatic hydroxyl groups is 3. The van der Waals surface area contributed by atoms with Crippen LogP contribution in [0.5, 0.6) is 0 Å². The number of aliphatic hydroxyl groups excluding tert-OH is 2. The number of hydrogen-bond acceptors (Lipinski definition) is 7. The lowest BCUT2D eigenvalue weighted by molar-refractivity contribution is -0.165. The first-order chi connectivity index (χ1) is 16.4. The molecule has 0 bridgehead atoms. The predicted molar refractivity (Wildman–Crippen MR) is 127 cm³/mol. The Morgan fingerprint density at radius 3 is 2.17 bits per heavy atom. The Balaban J connectivity index is 0.000000367. The second-order valence-corrected chi connectivity index (χ2v) is 9.10. The number of rotatable bonds is 9. The summed E-state index contributed by atoms with van der Waals surface area (Å²) >= 11 is 0. The molecule has 2 aromatic carbocycles. The molecule has 0 spiro atoms. The largest absolute Gasteiger partial charge is 0.479 e. The number of carboxylic acid groups (broad SMARTS) is 2. The zero-order chi connectivity index (χ0) is 26.2. The molecule has 0 radical (unpaired) electrons. The van der Waals surface area contributed by atoms with Crippen molar-refractivity contribution in [1.82, 2.24) is 10.2 Å². The van der Waals surface area contributed by atoms with Crippen molar-refractivity contribution in [3.05, 3.63) is 59.9 Å². The Morgan fingerprint density at radius 2 is 1.69 bits per heavy atom. The van der Waals surface area contributed by atoms with Crippen molar-refractivity contribution in [1.29, 1.82) is 0 Å². The monoisotopic (exact) mass is 492 g/mol. The average molecular weight is 493 g/mol. The van der Waals surface area contributed by atoms with E-state index >= 15 is 0 Å². The highest BCUT2D eigenvalue weighted by Crippen LogP contribution is 2.27. The first kappa shape index (κ1) is 28.3. The maximum atomic E-state index is 13.9. The highest BCUT2D eigenvalue weighted by Gasteiger charge is 2.29. The van der Waals surface area contributed by atoms with Crippen LogP contribution in [0.3, 0.4) is 0 Å². The molecule has 6 N–H and O–H groups in total. The van der Waals surface area contributed by atoms with Crippen LogP contribution >= 0.6 is 0 Å². The van der Waals surface area contributed by atoms with Gasteiger partial charge in [0.05, 0.1) is 5.60 Å². The summed E-state index contributed by atoms with van der Waals surface area (Å²) in [5.74, 6) is -3.76. The number of hydrogen-bond donors (Lipinski definition) is 6. The van der Waals surface area contributed by atoms with Gasteiger partial charge in [-0.2, -0.15) is 0 Å². The fraction of sp³-hybridized carbons (Fsp3) is 0.440. The molecule has 192 valence electrons. The van der Waals surface area contributed by atoms with Crippen LogP contribution in [0.2, 0.25) is 0 Å². The van der Waals surface area contributed by atoms with Crippen LogP contribution in [-0.4, -0.2) is 85.9 Å². The van der Waals surface area contributed by atoms with Crippen LogP contribution in [0.1, 0.15) is 25.8 Å². The van der Waals surface area contributed by atoms with Gasteiger partial charge < -0.3 is 30.8 Å². The van der Waals surface area contributed by atoms with Gasteiger partial charge in [-0.25, -0.2) is 14.0 Å². The summed E-state index contributed by atoms with van der Waals surface area (Å²) in [6, 6.07) is 15.4. The molecule has 3 rings (SSSR count). The topological polar surface area (TPSA) is 151 Å². The molecule has 1 fully saturated rings. The molecule has 0 saturated carbocycles. The van der Waals surface area contributed by atoms with Crippen molar-refractivity contribution in [2.75, 3.05) is 19.6 Å². The standard InChI is InChI=1S/C21H27FN2O.C4H6O6/c1-21(2,25)15-24(19-10-11-23-13-19)14-17-12-18(22)8-9-20(17)16-6-4-3-5-7-16;5-1(3(7)8)2(6)4(9)10/h3-9,12,19,23,25H,10-11,13-15H2,1-2H3;1-2,5-6H,(H,7,8)(H,9,10)/t19-;1-,2-/m01/s1. The Kier molecular flexibility index (Phi) is 10.3. The van der Waals surface area contributed by atoms with Gasteiger partial charge in [-0.05, 0) is 55.6 Å². The van der Waals surface area contributed by atoms with Gasteiger partial charge in [-0.15, -0.1) is 0 Å². The van der Waals surface area contributed by atoms with Crippen molar-refractivity contribution in [3.8, 4) is 11.1 Å². The minimum atomic E-state index is -2.27. The summed E-state index contributed by atoms with van der Waals surface area (Å²) in [5, 5.41) is 46.2. The van der Waals surface area contributed by atoms with Gasteiger partial charge in [0.15, 0.2) is 12.2 Å². The Morgan fingerprint density at radius 1 is 1.09 bits per heavy atom. The number of halogens is 1. The molecule has 1 aliphatic heterocycles. The summed E-state index contributed by atoms with van der Waals surface area (Å²) in [7, 11) is 0. The Labute approximate surface area is 203 Å². The van der Waals surface area contributed by atoms with E-state index in [1.54, 1.807) is 6.07 Å². The second-order valence-electron chi connectivity index (χ2n) is 9.10. The van der Waals surface area contributed by atoms with Crippen molar-refractivity contribution in [2.24, 2.45) is 0 Å². The maximum Gasteiger partial charge on any atom is 0.335 e. The van der Waals surface area contributed by atoms with E-state index < -0.39 is 29.7 Å². The van der Waals surface area contributed by atoms with E-state index in [0.717, 1.165) is 36.2 Å². The highest BCUT2D eigenvalue weighted by molar-refractivity contribution is 5.83. The lowest BCUT2D eigenvalue weighted by atomic mass is 9.98. The SMILES string of the molecule is CC(C)(O)CN(Cc1cc(F)ccc1-c1ccccc1)[C@H]1CCNC1.O=C(O)[C@H](O)[C@@H](O)C(=O)O. The molecular formula is C25H33FN2O7. The molecule has 2 aromatic rings. The second kappa shape index (κ2) is 12.7. The number of aliphatic carboxylic acids is 2. The first-order valence-electron chi connectivity index (χ1n) is 11.2. The van der Waals surface area contributed by atoms with E-state index in [1.807, 2.05) is 50.2 Å². The third-order valence-electron chi connectivity index (χ3n) is 5.47. The van der Waals surface area contributed by atoms with Crippen LogP contribution < -0.4 is 5.32 Å². The van der Waals surface area contributed by atoms with E-state index in [-0.39, 0.29) is 5.82 Å². The van der Waals surface area contributed by atoms with Gasteiger partial charge in [0.2, 0.25) is 0 Å². The third-order valence-corrected chi connectivity index (χ3v) is 5.47. The normalized spacial score (nSPS) is 17.4. The van der Waals surface area contributed by atoms with Gasteiger partial charge in [0.1, 0.15) is 5.82 Å². The number of nitrogens with one attached hydrogen (secondary N) is 1. The van der Waals surface area contributed by atoms with Gasteiger partial charge in [-0.3, -0.25) is 4.90 Å². The summed E-state index contributed by atoms with van der Waals surface area (Å²) in [6.07, 6.45) is -3.48. The number of carboxylic acids is 2. The van der Waals surface area contributed by atoms with E-state index in [0.29, 0.717) is 19.1 Å². The smallest absolute Gasteiger partial charge is 0.335 e. The molecule has 0 amide bonds. The lowest BCUT2D eigenvalue weighted by Gasteiger charge is -2.34. The van der Waals surface area contributed by atoms with Crippen LogP contribution in [0.4, 0.5) is 4.39 Å². The summed E-state index contributed by atoms with van der Waals surface area (Å²) in [6.45, 7) is 6.73. The summed E-state index contributed by atoms with van der Waals surface area (Å²) in [5.41, 5.74) is 2.31. The zero-order valence-corrected chi connectivity index (χ0v) is 19.8. The third kappa shape index (κ3) is 9.00. The molecule has 9 nitrogen and oxygen atoms in total.